The van der Waals surface area contributed by atoms with Crippen LogP contribution in [0.15, 0.2) is 34.9 Å². The van der Waals surface area contributed by atoms with Crippen molar-refractivity contribution in [3.8, 4) is 0 Å². The van der Waals surface area contributed by atoms with E-state index in [2.05, 4.69) is 15.9 Å². The molecule has 1 unspecified atom stereocenters. The highest BCUT2D eigenvalue weighted by Gasteiger charge is 2.13. The van der Waals surface area contributed by atoms with Crippen molar-refractivity contribution in [2.24, 2.45) is 0 Å². The lowest BCUT2D eigenvalue weighted by Gasteiger charge is -2.08. The van der Waals surface area contributed by atoms with Gasteiger partial charge >= 0.3 is 0 Å². The highest BCUT2D eigenvalue weighted by molar-refractivity contribution is 9.09. The molecule has 0 fully saturated rings. The van der Waals surface area contributed by atoms with Gasteiger partial charge in [0, 0.05) is 5.56 Å². The Morgan fingerprint density at radius 2 is 1.94 bits per heavy atom. The zero-order valence-electron chi connectivity index (χ0n) is 9.13. The molecular formula is C13H12BrFO. The van der Waals surface area contributed by atoms with Gasteiger partial charge in [0.25, 0.3) is 0 Å². The first-order chi connectivity index (χ1) is 7.58. The van der Waals surface area contributed by atoms with E-state index in [1.54, 1.807) is 19.3 Å². The first-order valence-corrected chi connectivity index (χ1v) is 5.94. The highest BCUT2D eigenvalue weighted by atomic mass is 79.9. The van der Waals surface area contributed by atoms with Gasteiger partial charge in [-0.05, 0) is 37.1 Å². The van der Waals surface area contributed by atoms with Crippen molar-refractivity contribution >= 4 is 15.9 Å². The Balaban J connectivity index is 2.33. The van der Waals surface area contributed by atoms with E-state index in [0.29, 0.717) is 5.56 Å². The third-order valence-corrected chi connectivity index (χ3v) is 3.58. The Kier molecular flexibility index (Phi) is 3.15. The molecule has 16 heavy (non-hydrogen) atoms. The van der Waals surface area contributed by atoms with E-state index in [1.807, 2.05) is 19.1 Å². The zero-order chi connectivity index (χ0) is 11.7. The van der Waals surface area contributed by atoms with Crippen molar-refractivity contribution in [3.63, 3.8) is 0 Å². The standard InChI is InChI=1S/C13H12BrFO/c1-8-5-10(3-4-12(8)15)13(14)11-6-9(2)16-7-11/h3-7,13H,1-2H3. The molecule has 0 saturated heterocycles. The van der Waals surface area contributed by atoms with Crippen LogP contribution in [-0.4, -0.2) is 0 Å². The number of rotatable bonds is 2. The monoisotopic (exact) mass is 282 g/mol. The van der Waals surface area contributed by atoms with Crippen LogP contribution in [0.25, 0.3) is 0 Å². The van der Waals surface area contributed by atoms with Gasteiger partial charge in [-0.1, -0.05) is 28.1 Å². The number of halogens is 2. The fourth-order valence-corrected chi connectivity index (χ4v) is 2.14. The molecular weight excluding hydrogens is 271 g/mol. The van der Waals surface area contributed by atoms with Crippen LogP contribution in [-0.2, 0) is 0 Å². The Morgan fingerprint density at radius 3 is 2.50 bits per heavy atom. The number of furan rings is 1. The molecule has 0 amide bonds. The third-order valence-electron chi connectivity index (χ3n) is 2.52. The average molecular weight is 283 g/mol. The van der Waals surface area contributed by atoms with E-state index < -0.39 is 0 Å². The van der Waals surface area contributed by atoms with Crippen LogP contribution in [0.3, 0.4) is 0 Å². The SMILES string of the molecule is Cc1cc(C(Br)c2ccc(F)c(C)c2)co1. The maximum absolute atomic E-state index is 13.1. The van der Waals surface area contributed by atoms with Gasteiger partial charge in [-0.15, -0.1) is 0 Å². The Hall–Kier alpha value is -1.09. The summed E-state index contributed by atoms with van der Waals surface area (Å²) in [7, 11) is 0. The number of hydrogen-bond acceptors (Lipinski definition) is 1. The summed E-state index contributed by atoms with van der Waals surface area (Å²) in [6.45, 7) is 3.66. The van der Waals surface area contributed by atoms with Crippen LogP contribution in [0.4, 0.5) is 4.39 Å². The van der Waals surface area contributed by atoms with Gasteiger partial charge in [0.2, 0.25) is 0 Å². The summed E-state index contributed by atoms with van der Waals surface area (Å²) in [5.41, 5.74) is 2.73. The number of aryl methyl sites for hydroxylation is 2. The molecule has 0 radical (unpaired) electrons. The summed E-state index contributed by atoms with van der Waals surface area (Å²) in [4.78, 5) is 0.0456. The van der Waals surface area contributed by atoms with Crippen molar-refractivity contribution in [1.29, 1.82) is 0 Å². The molecule has 1 nitrogen and oxygen atoms in total. The lowest BCUT2D eigenvalue weighted by molar-refractivity contribution is 0.532. The fourth-order valence-electron chi connectivity index (χ4n) is 1.61. The molecule has 3 heteroatoms. The molecule has 0 saturated carbocycles. The second-order valence-corrected chi connectivity index (χ2v) is 4.78. The van der Waals surface area contributed by atoms with Crippen LogP contribution < -0.4 is 0 Å². The van der Waals surface area contributed by atoms with Crippen LogP contribution in [0.5, 0.6) is 0 Å². The van der Waals surface area contributed by atoms with E-state index in [1.165, 1.54) is 6.07 Å². The van der Waals surface area contributed by atoms with Gasteiger partial charge in [0.1, 0.15) is 11.6 Å². The molecule has 0 N–H and O–H groups in total. The summed E-state index contributed by atoms with van der Waals surface area (Å²) in [6, 6.07) is 7.09. The fraction of sp³-hybridized carbons (Fsp3) is 0.231. The quantitative estimate of drug-likeness (QED) is 0.738. The van der Waals surface area contributed by atoms with Gasteiger partial charge in [0.15, 0.2) is 0 Å². The predicted molar refractivity (Wildman–Crippen MR) is 65.4 cm³/mol. The molecule has 1 aromatic heterocycles. The summed E-state index contributed by atoms with van der Waals surface area (Å²) in [5.74, 6) is 0.699. The number of alkyl halides is 1. The maximum Gasteiger partial charge on any atom is 0.126 e. The smallest absolute Gasteiger partial charge is 0.126 e. The van der Waals surface area contributed by atoms with Crippen molar-refractivity contribution < 1.29 is 8.81 Å². The van der Waals surface area contributed by atoms with Crippen LogP contribution in [0.2, 0.25) is 0 Å². The zero-order valence-corrected chi connectivity index (χ0v) is 10.7. The number of hydrogen-bond donors (Lipinski definition) is 0. The topological polar surface area (TPSA) is 13.1 Å². The largest absolute Gasteiger partial charge is 0.469 e. The molecule has 1 atom stereocenters. The van der Waals surface area contributed by atoms with Crippen molar-refractivity contribution in [2.45, 2.75) is 18.7 Å². The molecule has 0 aliphatic carbocycles. The minimum Gasteiger partial charge on any atom is -0.469 e. The van der Waals surface area contributed by atoms with Gasteiger partial charge in [0.05, 0.1) is 11.1 Å². The average Bonchev–Trinajstić information content (AvgIpc) is 2.68. The minimum atomic E-state index is -0.174. The predicted octanol–water partition coefficient (Wildman–Crippen LogP) is 4.52. The second-order valence-electron chi connectivity index (χ2n) is 3.86. The maximum atomic E-state index is 13.1. The molecule has 0 bridgehead atoms. The van der Waals surface area contributed by atoms with E-state index in [9.17, 15) is 4.39 Å². The van der Waals surface area contributed by atoms with E-state index in [-0.39, 0.29) is 10.6 Å². The van der Waals surface area contributed by atoms with Crippen LogP contribution >= 0.6 is 15.9 Å². The highest BCUT2D eigenvalue weighted by Crippen LogP contribution is 2.32. The summed E-state index contributed by atoms with van der Waals surface area (Å²) in [6.07, 6.45) is 1.72. The Morgan fingerprint density at radius 1 is 1.19 bits per heavy atom. The van der Waals surface area contributed by atoms with Crippen LogP contribution in [0.1, 0.15) is 27.3 Å². The summed E-state index contributed by atoms with van der Waals surface area (Å²) in [5, 5.41) is 0. The molecule has 1 heterocycles. The first-order valence-electron chi connectivity index (χ1n) is 5.03. The summed E-state index contributed by atoms with van der Waals surface area (Å²) < 4.78 is 18.4. The molecule has 0 aliphatic heterocycles. The molecule has 0 spiro atoms. The van der Waals surface area contributed by atoms with Crippen LogP contribution in [0, 0.1) is 19.7 Å². The lowest BCUT2D eigenvalue weighted by atomic mass is 10.0. The van der Waals surface area contributed by atoms with Gasteiger partial charge in [-0.3, -0.25) is 0 Å². The van der Waals surface area contributed by atoms with Crippen molar-refractivity contribution in [1.82, 2.24) is 0 Å². The van der Waals surface area contributed by atoms with E-state index in [0.717, 1.165) is 16.9 Å². The normalized spacial score (nSPS) is 12.8. The lowest BCUT2D eigenvalue weighted by Crippen LogP contribution is -1.93. The number of benzene rings is 1. The molecule has 1 aromatic carbocycles. The first kappa shape index (κ1) is 11.4. The molecule has 84 valence electrons. The van der Waals surface area contributed by atoms with Gasteiger partial charge in [-0.2, -0.15) is 0 Å². The van der Waals surface area contributed by atoms with E-state index >= 15 is 0 Å². The van der Waals surface area contributed by atoms with Gasteiger partial charge in [-0.25, -0.2) is 4.39 Å². The minimum absolute atomic E-state index is 0.0456. The molecule has 2 aromatic rings. The Labute approximate surface area is 102 Å². The van der Waals surface area contributed by atoms with Crippen molar-refractivity contribution in [3.05, 3.63) is 58.8 Å². The summed E-state index contributed by atoms with van der Waals surface area (Å²) >= 11 is 3.58. The second kappa shape index (κ2) is 4.42. The Bertz CT molecular complexity index is 504. The molecule has 2 rings (SSSR count). The van der Waals surface area contributed by atoms with Crippen molar-refractivity contribution in [2.75, 3.05) is 0 Å². The van der Waals surface area contributed by atoms with Gasteiger partial charge < -0.3 is 4.42 Å². The van der Waals surface area contributed by atoms with E-state index in [4.69, 9.17) is 4.42 Å². The third kappa shape index (κ3) is 2.19. The molecule has 0 aliphatic rings.